The predicted octanol–water partition coefficient (Wildman–Crippen LogP) is 3.98. The predicted molar refractivity (Wildman–Crippen MR) is 116 cm³/mol. The summed E-state index contributed by atoms with van der Waals surface area (Å²) >= 11 is 1.48. The lowest BCUT2D eigenvalue weighted by molar-refractivity contribution is 0.0825. The minimum atomic E-state index is -0.327. The van der Waals surface area contributed by atoms with E-state index in [0.717, 1.165) is 38.2 Å². The van der Waals surface area contributed by atoms with Crippen molar-refractivity contribution in [2.24, 2.45) is 7.05 Å². The summed E-state index contributed by atoms with van der Waals surface area (Å²) in [6.07, 6.45) is -0.327. The Morgan fingerprint density at radius 1 is 1.03 bits per heavy atom. The van der Waals surface area contributed by atoms with Gasteiger partial charge in [0.1, 0.15) is 11.6 Å². The summed E-state index contributed by atoms with van der Waals surface area (Å²) in [6.45, 7) is 2.35. The molecule has 0 fully saturated rings. The van der Waals surface area contributed by atoms with Gasteiger partial charge in [-0.15, -0.1) is 10.2 Å². The minimum absolute atomic E-state index is 0.327. The van der Waals surface area contributed by atoms with Crippen molar-refractivity contribution in [1.82, 2.24) is 29.4 Å². The van der Waals surface area contributed by atoms with Crippen LogP contribution in [0.5, 0.6) is 11.5 Å². The fourth-order valence-electron chi connectivity index (χ4n) is 3.75. The molecular weight excluding hydrogens is 412 g/mol. The third-order valence-electron chi connectivity index (χ3n) is 5.24. The van der Waals surface area contributed by atoms with Crippen molar-refractivity contribution in [3.05, 3.63) is 66.1 Å². The van der Waals surface area contributed by atoms with Crippen molar-refractivity contribution < 1.29 is 9.47 Å². The molecule has 0 radical (unpaired) electrons. The molecule has 0 spiro atoms. The topological polar surface area (TPSA) is 79.4 Å². The van der Waals surface area contributed by atoms with Gasteiger partial charge in [0.05, 0.1) is 11.2 Å². The number of ether oxygens (including phenoxy) is 2. The van der Waals surface area contributed by atoms with E-state index in [4.69, 9.17) is 14.5 Å². The van der Waals surface area contributed by atoms with Gasteiger partial charge in [-0.25, -0.2) is 9.50 Å². The first-order valence-corrected chi connectivity index (χ1v) is 10.7. The van der Waals surface area contributed by atoms with E-state index in [1.165, 1.54) is 11.8 Å². The number of benzene rings is 2. The standard InChI is InChI=1S/C22H18N6O2S/c1-13-11-19-23-21(14-7-3-4-8-15(14)28(19)26-13)31-22-25-24-20(27(22)2)18-12-29-16-9-5-6-10-17(16)30-18/h3-11,18H,12H2,1-2H3/t18-/m0/s1. The van der Waals surface area contributed by atoms with Crippen LogP contribution in [0.1, 0.15) is 17.6 Å². The van der Waals surface area contributed by atoms with Crippen LogP contribution in [0.15, 0.2) is 64.8 Å². The highest BCUT2D eigenvalue weighted by atomic mass is 32.2. The lowest BCUT2D eigenvalue weighted by atomic mass is 10.2. The highest BCUT2D eigenvalue weighted by Gasteiger charge is 2.28. The number of hydrogen-bond acceptors (Lipinski definition) is 7. The van der Waals surface area contributed by atoms with Crippen LogP contribution in [0.2, 0.25) is 0 Å². The summed E-state index contributed by atoms with van der Waals surface area (Å²) < 4.78 is 15.8. The van der Waals surface area contributed by atoms with Crippen molar-refractivity contribution in [3.63, 3.8) is 0 Å². The van der Waals surface area contributed by atoms with Crippen LogP contribution in [0.4, 0.5) is 0 Å². The second-order valence-corrected chi connectivity index (χ2v) is 8.31. The molecule has 0 saturated heterocycles. The van der Waals surface area contributed by atoms with Gasteiger partial charge in [-0.1, -0.05) is 30.3 Å². The molecule has 1 aliphatic rings. The molecule has 5 aromatic rings. The molecule has 0 aliphatic carbocycles. The van der Waals surface area contributed by atoms with Gasteiger partial charge in [0.25, 0.3) is 0 Å². The van der Waals surface area contributed by atoms with Gasteiger partial charge in [0.2, 0.25) is 0 Å². The molecule has 0 saturated carbocycles. The first kappa shape index (κ1) is 18.2. The van der Waals surface area contributed by atoms with Gasteiger partial charge in [-0.2, -0.15) is 5.10 Å². The average molecular weight is 430 g/mol. The van der Waals surface area contributed by atoms with Crippen molar-refractivity contribution in [2.45, 2.75) is 23.2 Å². The second kappa shape index (κ2) is 6.98. The largest absolute Gasteiger partial charge is 0.485 e. The van der Waals surface area contributed by atoms with E-state index in [-0.39, 0.29) is 6.10 Å². The van der Waals surface area contributed by atoms with Gasteiger partial charge in [-0.3, -0.25) is 0 Å². The molecule has 0 N–H and O–H groups in total. The third kappa shape index (κ3) is 3.00. The van der Waals surface area contributed by atoms with Crippen molar-refractivity contribution in [1.29, 1.82) is 0 Å². The minimum Gasteiger partial charge on any atom is -0.485 e. The second-order valence-electron chi connectivity index (χ2n) is 7.36. The number of hydrogen-bond donors (Lipinski definition) is 0. The first-order valence-electron chi connectivity index (χ1n) is 9.88. The van der Waals surface area contributed by atoms with E-state index < -0.39 is 0 Å². The Bertz CT molecular complexity index is 1440. The zero-order valence-corrected chi connectivity index (χ0v) is 17.7. The lowest BCUT2D eigenvalue weighted by Crippen LogP contribution is -2.24. The molecule has 0 bridgehead atoms. The fraction of sp³-hybridized carbons (Fsp3) is 0.182. The smallest absolute Gasteiger partial charge is 0.197 e. The van der Waals surface area contributed by atoms with Crippen molar-refractivity contribution in [3.8, 4) is 11.5 Å². The maximum Gasteiger partial charge on any atom is 0.197 e. The van der Waals surface area contributed by atoms with Gasteiger partial charge in [0, 0.05) is 18.5 Å². The van der Waals surface area contributed by atoms with Crippen molar-refractivity contribution in [2.75, 3.05) is 6.61 Å². The molecule has 9 heteroatoms. The van der Waals surface area contributed by atoms with Gasteiger partial charge < -0.3 is 14.0 Å². The summed E-state index contributed by atoms with van der Waals surface area (Å²) in [7, 11) is 1.94. The van der Waals surface area contributed by atoms with Crippen LogP contribution in [-0.2, 0) is 7.05 Å². The Morgan fingerprint density at radius 2 is 1.84 bits per heavy atom. The molecule has 154 valence electrons. The molecule has 8 nitrogen and oxygen atoms in total. The Balaban J connectivity index is 1.37. The van der Waals surface area contributed by atoms with Crippen LogP contribution in [-0.4, -0.2) is 36.0 Å². The average Bonchev–Trinajstić information content (AvgIpc) is 3.35. The van der Waals surface area contributed by atoms with E-state index in [0.29, 0.717) is 18.2 Å². The van der Waals surface area contributed by atoms with Crippen LogP contribution in [0, 0.1) is 6.92 Å². The Hall–Kier alpha value is -3.59. The maximum atomic E-state index is 6.11. The molecule has 31 heavy (non-hydrogen) atoms. The normalized spacial score (nSPS) is 15.6. The summed E-state index contributed by atoms with van der Waals surface area (Å²) in [5.41, 5.74) is 2.74. The monoisotopic (exact) mass is 430 g/mol. The molecule has 4 heterocycles. The number of nitrogens with zero attached hydrogens (tertiary/aromatic N) is 6. The zero-order valence-electron chi connectivity index (χ0n) is 16.9. The quantitative estimate of drug-likeness (QED) is 0.401. The molecule has 6 rings (SSSR count). The SMILES string of the molecule is Cc1cc2nc(Sc3nnc([C@@H]4COc5ccccc5O4)n3C)c3ccccc3n2n1. The van der Waals surface area contributed by atoms with Crippen LogP contribution in [0.25, 0.3) is 16.6 Å². The number of aromatic nitrogens is 6. The van der Waals surface area contributed by atoms with Gasteiger partial charge in [0.15, 0.2) is 34.2 Å². The molecule has 3 aromatic heterocycles. The zero-order chi connectivity index (χ0) is 20.9. The highest BCUT2D eigenvalue weighted by Crippen LogP contribution is 2.37. The highest BCUT2D eigenvalue weighted by molar-refractivity contribution is 7.99. The Labute approximate surface area is 181 Å². The van der Waals surface area contributed by atoms with Gasteiger partial charge >= 0.3 is 0 Å². The molecular formula is C22H18N6O2S. The molecule has 2 aromatic carbocycles. The lowest BCUT2D eigenvalue weighted by Gasteiger charge is -2.25. The van der Waals surface area contributed by atoms with E-state index in [1.807, 2.05) is 77.7 Å². The molecule has 0 unspecified atom stereocenters. The third-order valence-corrected chi connectivity index (χ3v) is 6.29. The molecule has 1 atom stereocenters. The van der Waals surface area contributed by atoms with E-state index in [9.17, 15) is 0 Å². The van der Waals surface area contributed by atoms with Crippen molar-refractivity contribution >= 4 is 28.3 Å². The fourth-order valence-corrected chi connectivity index (χ4v) is 4.66. The molecule has 1 aliphatic heterocycles. The first-order chi connectivity index (χ1) is 15.2. The van der Waals surface area contributed by atoms with E-state index >= 15 is 0 Å². The van der Waals surface area contributed by atoms with E-state index in [1.54, 1.807) is 0 Å². The number of para-hydroxylation sites is 3. The van der Waals surface area contributed by atoms with Crippen LogP contribution >= 0.6 is 11.8 Å². The summed E-state index contributed by atoms with van der Waals surface area (Å²) in [6, 6.07) is 17.7. The van der Waals surface area contributed by atoms with Gasteiger partial charge in [-0.05, 0) is 36.9 Å². The van der Waals surface area contributed by atoms with E-state index in [2.05, 4.69) is 15.3 Å². The summed E-state index contributed by atoms with van der Waals surface area (Å²) in [4.78, 5) is 4.84. The number of rotatable bonds is 3. The summed E-state index contributed by atoms with van der Waals surface area (Å²) in [5.74, 6) is 2.17. The number of aryl methyl sites for hydroxylation is 1. The Kier molecular flexibility index (Phi) is 4.10. The van der Waals surface area contributed by atoms with Crippen LogP contribution in [0.3, 0.4) is 0 Å². The maximum absolute atomic E-state index is 6.11. The molecule has 0 amide bonds. The summed E-state index contributed by atoms with van der Waals surface area (Å²) in [5, 5.41) is 16.0. The van der Waals surface area contributed by atoms with Crippen LogP contribution < -0.4 is 9.47 Å². The Morgan fingerprint density at radius 3 is 2.74 bits per heavy atom. The number of fused-ring (bicyclic) bond motifs is 4.